The number of imidazole rings is 4. The van der Waals surface area contributed by atoms with Crippen molar-refractivity contribution in [2.24, 2.45) is 28.2 Å². The van der Waals surface area contributed by atoms with Gasteiger partial charge in [0.1, 0.15) is 58.9 Å². The number of halogens is 4. The van der Waals surface area contributed by atoms with Crippen LogP contribution in [-0.4, -0.2) is 268 Å². The number of carbonyl (C=O) groups excluding carboxylic acids is 4. The number of carbonyl (C=O) groups is 4. The van der Waals surface area contributed by atoms with Crippen LogP contribution >= 0.6 is 0 Å². The SMILES string of the molecule is C[C@@H]1C(=O)N(C)Cc2c(-c3cccc4cc(-c5ccn(C)n5)ncc34)nc(C3CCOCC3)n21.C[C@@H]1C(=O)N(C)Cc2c(-c3cccc4nc(-c5cnn(C)c5)c(C(F)F)cc34)nc(C3CCN(CCO)CC3)n21.C[C@H]1C(=O)N(C)Cc2c(-c3cccc4cc(-c5ccn(C)n5)ncc34)nc(C3CCOCC3)n21.C[C@H]1C(=O)N(C)Cc2c(-c3cccc4nc(-c5cnn(C)c5)c(C(F)F)cc34)nc(C3CCN(CCO)CC3)n21. The lowest BCUT2D eigenvalue weighted by Crippen LogP contribution is -2.40. The molecule has 8 aliphatic heterocycles. The quantitative estimate of drug-likeness (QED) is 0.0754. The van der Waals surface area contributed by atoms with E-state index in [9.17, 15) is 47.0 Å². The molecule has 8 aliphatic rings. The van der Waals surface area contributed by atoms with Crippen LogP contribution in [0.5, 0.6) is 0 Å². The third-order valence-electron chi connectivity index (χ3n) is 30.8. The Morgan fingerprint density at radius 2 is 0.669 bits per heavy atom. The number of hydrogen-bond acceptors (Lipinski definition) is 22. The van der Waals surface area contributed by atoms with Crippen molar-refractivity contribution in [3.8, 4) is 90.3 Å². The first-order valence-electron chi connectivity index (χ1n) is 51.0. The third-order valence-corrected chi connectivity index (χ3v) is 30.8. The average molecular weight is 2010 g/mol. The molecule has 0 radical (unpaired) electrons. The number of pyridine rings is 4. The number of aromatic nitrogens is 20. The van der Waals surface area contributed by atoms with E-state index in [2.05, 4.69) is 107 Å². The van der Waals surface area contributed by atoms with Crippen molar-refractivity contribution in [3.63, 3.8) is 0 Å². The van der Waals surface area contributed by atoms with Crippen LogP contribution in [-0.2, 0) is 83.0 Å². The van der Waals surface area contributed by atoms with E-state index in [1.54, 1.807) is 81.5 Å². The Balaban J connectivity index is 0.000000116. The van der Waals surface area contributed by atoms with Gasteiger partial charge in [0, 0.05) is 223 Å². The molecular weight excluding hydrogens is 1890 g/mol. The predicted octanol–water partition coefficient (Wildman–Crippen LogP) is 16.1. The summed E-state index contributed by atoms with van der Waals surface area (Å²) in [7, 11) is 14.6. The molecular formula is C110H122F4N26O8. The summed E-state index contributed by atoms with van der Waals surface area (Å²) < 4.78 is 84.0. The Morgan fingerprint density at radius 1 is 0.358 bits per heavy atom. The van der Waals surface area contributed by atoms with Crippen molar-refractivity contribution in [2.45, 2.75) is 166 Å². The molecule has 12 aromatic heterocycles. The number of piperidine rings is 2. The number of ether oxygens (including phenoxy) is 2. The molecule has 4 saturated heterocycles. The zero-order chi connectivity index (χ0) is 103. The first-order valence-corrected chi connectivity index (χ1v) is 51.0. The van der Waals surface area contributed by atoms with Gasteiger partial charge in [0.05, 0.1) is 131 Å². The van der Waals surface area contributed by atoms with Gasteiger partial charge in [-0.2, -0.15) is 20.4 Å². The molecule has 20 heterocycles. The first-order chi connectivity index (χ1) is 71.5. The van der Waals surface area contributed by atoms with Crippen molar-refractivity contribution < 1.29 is 56.4 Å². The Hall–Kier alpha value is -14.4. The molecule has 2 N–H and O–H groups in total. The minimum atomic E-state index is -2.72. The lowest BCUT2D eigenvalue weighted by Gasteiger charge is -2.35. The summed E-state index contributed by atoms with van der Waals surface area (Å²) >= 11 is 0. The van der Waals surface area contributed by atoms with Gasteiger partial charge in [0.15, 0.2) is 0 Å². The van der Waals surface area contributed by atoms with Gasteiger partial charge >= 0.3 is 0 Å². The summed E-state index contributed by atoms with van der Waals surface area (Å²) in [5.74, 6) is 4.97. The van der Waals surface area contributed by atoms with Crippen LogP contribution in [0.4, 0.5) is 17.6 Å². The van der Waals surface area contributed by atoms with Crippen molar-refractivity contribution in [2.75, 3.05) is 107 Å². The Morgan fingerprint density at radius 3 is 0.959 bits per heavy atom. The Bertz CT molecular complexity index is 7280. The second-order valence-electron chi connectivity index (χ2n) is 40.4. The van der Waals surface area contributed by atoms with Crippen LogP contribution in [0.1, 0.15) is 197 Å². The van der Waals surface area contributed by atoms with E-state index in [0.29, 0.717) is 95.4 Å². The molecule has 24 rings (SSSR count). The maximum atomic E-state index is 14.4. The van der Waals surface area contributed by atoms with Crippen molar-refractivity contribution >= 4 is 67.0 Å². The van der Waals surface area contributed by atoms with E-state index >= 15 is 0 Å². The second-order valence-corrected chi connectivity index (χ2v) is 40.4. The van der Waals surface area contributed by atoms with Gasteiger partial charge in [-0.05, 0) is 165 Å². The van der Waals surface area contributed by atoms with Gasteiger partial charge in [-0.15, -0.1) is 0 Å². The van der Waals surface area contributed by atoms with E-state index in [4.69, 9.17) is 39.4 Å². The van der Waals surface area contributed by atoms with Gasteiger partial charge in [-0.1, -0.05) is 60.7 Å². The first kappa shape index (κ1) is 99.5. The Labute approximate surface area is 853 Å². The standard InChI is InChI=1S/2C29H33F2N7O2.2C26H28N6O2/c2*1-17-29(40)35(2)16-24-26(34-28(38(17)24)18-7-9-37(10-8-18)11-12-39)20-5-4-6-23-21(20)13-22(27(30)31)25(33-23)19-14-32-36(3)15-19;2*1-16-26(33)30(2)15-23-24(28-25(32(16)23)17-8-11-34-12-9-17)19-6-4-5-18-13-22(27-14-20(18)19)21-7-10-31(3)29-21/h2*4-6,13-15,17-18,27,39H,7-12,16H2,1-3H3;2*4-7,10,13-14,16-17H,8-9,11-12,15H2,1-3H3/t2*17-;2*16-/m1010/s1. The molecule has 4 aromatic carbocycles. The highest BCUT2D eigenvalue weighted by Gasteiger charge is 2.43. The van der Waals surface area contributed by atoms with Crippen LogP contribution in [0.2, 0.25) is 0 Å². The van der Waals surface area contributed by atoms with Crippen LogP contribution in [0, 0.1) is 0 Å². The summed E-state index contributed by atoms with van der Waals surface area (Å²) in [6.45, 7) is 17.5. The highest BCUT2D eigenvalue weighted by molar-refractivity contribution is 6.01. The topological polar surface area (TPSA) is 341 Å². The number of benzene rings is 4. The number of aliphatic hydroxyl groups is 2. The number of aliphatic hydroxyl groups excluding tert-OH is 2. The molecule has 0 aliphatic carbocycles. The molecule has 0 unspecified atom stereocenters. The predicted molar refractivity (Wildman–Crippen MR) is 552 cm³/mol. The highest BCUT2D eigenvalue weighted by Crippen LogP contribution is 2.49. The average Bonchev–Trinajstić information content (AvgIpc) is 1.56. The number of likely N-dealkylation sites (N-methyl/N-ethyl adjacent to an activating group) is 4. The van der Waals surface area contributed by atoms with Crippen LogP contribution < -0.4 is 0 Å². The second kappa shape index (κ2) is 41.3. The van der Waals surface area contributed by atoms with E-state index in [1.807, 2.05) is 139 Å². The van der Waals surface area contributed by atoms with Crippen LogP contribution in [0.15, 0.2) is 159 Å². The number of hydrogen-bond donors (Lipinski definition) is 2. The molecule has 768 valence electrons. The maximum absolute atomic E-state index is 14.4. The van der Waals surface area contributed by atoms with Gasteiger partial charge in [0.25, 0.3) is 12.9 Å². The largest absolute Gasteiger partial charge is 0.395 e. The molecule has 4 atom stereocenters. The minimum Gasteiger partial charge on any atom is -0.395 e. The number of nitrogens with zero attached hydrogens (tertiary/aromatic N) is 26. The van der Waals surface area contributed by atoms with Gasteiger partial charge in [-0.3, -0.25) is 47.9 Å². The fourth-order valence-electron chi connectivity index (χ4n) is 23.1. The molecule has 0 bridgehead atoms. The number of aryl methyl sites for hydroxylation is 4. The van der Waals surface area contributed by atoms with E-state index in [0.717, 1.165) is 228 Å². The van der Waals surface area contributed by atoms with Crippen molar-refractivity contribution in [1.29, 1.82) is 0 Å². The Kier molecular flexibility index (Phi) is 27.8. The van der Waals surface area contributed by atoms with E-state index in [1.165, 1.54) is 12.1 Å². The van der Waals surface area contributed by atoms with Gasteiger partial charge in [-0.25, -0.2) is 47.5 Å². The molecule has 4 fully saturated rings. The van der Waals surface area contributed by atoms with Gasteiger partial charge in [0.2, 0.25) is 23.6 Å². The number of amides is 4. The monoisotopic (exact) mass is 2010 g/mol. The number of fused-ring (bicyclic) bond motifs is 8. The smallest absolute Gasteiger partial charge is 0.265 e. The molecule has 34 nitrogen and oxygen atoms in total. The summed E-state index contributed by atoms with van der Waals surface area (Å²) in [5.41, 5.74) is 16.7. The van der Waals surface area contributed by atoms with Crippen molar-refractivity contribution in [3.05, 3.63) is 216 Å². The lowest BCUT2D eigenvalue weighted by atomic mass is 9.95. The summed E-state index contributed by atoms with van der Waals surface area (Å²) in [6.07, 6.45) is 15.9. The number of alkyl halides is 4. The molecule has 0 saturated carbocycles. The number of likely N-dealkylation sites (tertiary alicyclic amines) is 2. The zero-order valence-electron chi connectivity index (χ0n) is 85.2. The van der Waals surface area contributed by atoms with Crippen LogP contribution in [0.3, 0.4) is 0 Å². The summed E-state index contributed by atoms with van der Waals surface area (Å²) in [5, 5.41) is 41.4. The molecule has 38 heteroatoms. The molecule has 148 heavy (non-hydrogen) atoms. The minimum absolute atomic E-state index is 0.0242. The normalized spacial score (nSPS) is 18.9. The number of rotatable bonds is 18. The fourth-order valence-corrected chi connectivity index (χ4v) is 23.1. The maximum Gasteiger partial charge on any atom is 0.265 e. The van der Waals surface area contributed by atoms with E-state index in [-0.39, 0.29) is 83.3 Å². The van der Waals surface area contributed by atoms with Gasteiger partial charge < -0.3 is 67.4 Å². The van der Waals surface area contributed by atoms with Crippen LogP contribution in [0.25, 0.3) is 134 Å². The molecule has 16 aromatic rings. The molecule has 0 spiro atoms. The van der Waals surface area contributed by atoms with Crippen molar-refractivity contribution in [1.82, 2.24) is 127 Å². The number of β-amino-alcohol motifs (C(OH)–C–C–N with tert-alkyl or cyclic N) is 2. The highest BCUT2D eigenvalue weighted by atomic mass is 19.3. The summed E-state index contributed by atoms with van der Waals surface area (Å²) in [4.78, 5) is 103. The van der Waals surface area contributed by atoms with E-state index < -0.39 is 24.9 Å². The lowest BCUT2D eigenvalue weighted by molar-refractivity contribution is -0.136. The summed E-state index contributed by atoms with van der Waals surface area (Å²) in [6, 6.07) is 33.6. The molecule has 4 amide bonds. The third kappa shape index (κ3) is 18.8. The fraction of sp³-hybridized carbons (Fsp3) is 0.418. The zero-order valence-corrected chi connectivity index (χ0v) is 85.2.